The van der Waals surface area contributed by atoms with Gasteiger partial charge >= 0.3 is 0 Å². The molecule has 0 saturated carbocycles. The Kier molecular flexibility index (Phi) is 25.3. The third-order valence-electron chi connectivity index (χ3n) is 2.37. The van der Waals surface area contributed by atoms with E-state index in [1.54, 1.807) is 0 Å². The van der Waals surface area contributed by atoms with E-state index >= 15 is 0 Å². The largest absolute Gasteiger partial charge is 0.396 e. The molecule has 4 heteroatoms. The van der Waals surface area contributed by atoms with E-state index in [1.165, 1.54) is 17.5 Å². The molecule has 0 atom stereocenters. The average Bonchev–Trinajstić information content (AvgIpc) is 2.41. The van der Waals surface area contributed by atoms with Gasteiger partial charge in [-0.25, -0.2) is 5.90 Å². The molecule has 0 aliphatic carbocycles. The van der Waals surface area contributed by atoms with Gasteiger partial charge in [0.25, 0.3) is 0 Å². The van der Waals surface area contributed by atoms with Crippen LogP contribution in [0.4, 0.5) is 0 Å². The molecule has 1 rings (SSSR count). The van der Waals surface area contributed by atoms with Gasteiger partial charge in [0.2, 0.25) is 0 Å². The Bertz CT molecular complexity index is 257. The Morgan fingerprint density at radius 3 is 2.06 bits per heavy atom. The van der Waals surface area contributed by atoms with Crippen LogP contribution in [0.3, 0.4) is 0 Å². The zero-order valence-corrected chi connectivity index (χ0v) is 14.7. The minimum atomic E-state index is 0. The summed E-state index contributed by atoms with van der Waals surface area (Å²) < 4.78 is 0. The first-order valence-corrected chi connectivity index (χ1v) is 6.26. The molecule has 0 saturated heterocycles. The van der Waals surface area contributed by atoms with Crippen LogP contribution in [0.25, 0.3) is 0 Å². The quantitative estimate of drug-likeness (QED) is 0.574. The van der Waals surface area contributed by atoms with Crippen molar-refractivity contribution in [3.05, 3.63) is 35.4 Å². The number of unbranched alkanes of at least 4 members (excludes halogenated alkanes) is 2. The molecule has 3 nitrogen and oxygen atoms in total. The van der Waals surface area contributed by atoms with Crippen LogP contribution in [0.5, 0.6) is 0 Å². The number of aliphatic hydroxyl groups excluding tert-OH is 1. The molecule has 0 bridgehead atoms. The van der Waals surface area contributed by atoms with Crippen molar-refractivity contribution in [2.45, 2.75) is 46.5 Å². The van der Waals surface area contributed by atoms with Crippen LogP contribution in [0, 0.1) is 6.92 Å². The number of aryl methyl sites for hydroxylation is 2. The van der Waals surface area contributed by atoms with Gasteiger partial charge in [-0.1, -0.05) is 44.5 Å². The normalized spacial score (nSPS) is 8.11. The summed E-state index contributed by atoms with van der Waals surface area (Å²) in [6.07, 6.45) is 4.40. The van der Waals surface area contributed by atoms with Crippen molar-refractivity contribution in [3.63, 3.8) is 0 Å². The number of benzene rings is 1. The van der Waals surface area contributed by atoms with Gasteiger partial charge in [-0.3, -0.25) is 0 Å². The molecule has 0 amide bonds. The van der Waals surface area contributed by atoms with Crippen LogP contribution in [-0.2, 0) is 39.1 Å². The van der Waals surface area contributed by atoms with Crippen molar-refractivity contribution in [1.82, 2.24) is 0 Å². The number of rotatable bonds is 5. The molecule has 0 aromatic heterocycles. The first-order valence-electron chi connectivity index (χ1n) is 6.26. The molecule has 0 aliphatic heterocycles. The van der Waals surface area contributed by atoms with E-state index in [1.807, 2.05) is 13.8 Å². The summed E-state index contributed by atoms with van der Waals surface area (Å²) in [5.74, 6) is 3.50. The van der Waals surface area contributed by atoms with E-state index < -0.39 is 0 Å². The van der Waals surface area contributed by atoms with Crippen molar-refractivity contribution in [3.8, 4) is 0 Å². The maximum atomic E-state index is 8.62. The number of nitrogens with two attached hydrogens (primary N) is 1. The Hall–Kier alpha value is 0.204. The topological polar surface area (TPSA) is 66.5 Å². The number of hydrogen-bond donors (Lipinski definition) is 3. The van der Waals surface area contributed by atoms with Gasteiger partial charge in [-0.05, 0) is 37.3 Å². The predicted octanol–water partition coefficient (Wildman–Crippen LogP) is 3.06. The van der Waals surface area contributed by atoms with Crippen LogP contribution in [0.15, 0.2) is 24.3 Å². The van der Waals surface area contributed by atoms with Crippen LogP contribution in [0.2, 0.25) is 0 Å². The molecular weight excluding hydrogens is 303 g/mol. The maximum Gasteiger partial charge on any atom is 0.0431 e. The summed E-state index contributed by atoms with van der Waals surface area (Å²) in [5.41, 5.74) is 2.83. The second-order valence-corrected chi connectivity index (χ2v) is 3.46. The number of aliphatic hydroxyl groups is 1. The SMILES string of the molecule is CC.Cc1ccccc1CCCCCO.NO.[Y]. The first kappa shape index (κ1) is 23.3. The van der Waals surface area contributed by atoms with Gasteiger partial charge in [0.15, 0.2) is 0 Å². The second-order valence-electron chi connectivity index (χ2n) is 3.46. The summed E-state index contributed by atoms with van der Waals surface area (Å²) in [5, 5.41) is 15.1. The summed E-state index contributed by atoms with van der Waals surface area (Å²) in [4.78, 5) is 0. The van der Waals surface area contributed by atoms with Gasteiger partial charge < -0.3 is 10.3 Å². The molecule has 0 fully saturated rings. The Balaban J connectivity index is -0.000000409. The van der Waals surface area contributed by atoms with Gasteiger partial charge in [0, 0.05) is 39.3 Å². The minimum Gasteiger partial charge on any atom is -0.396 e. The maximum absolute atomic E-state index is 8.62. The molecule has 1 aromatic carbocycles. The Morgan fingerprint density at radius 1 is 1.00 bits per heavy atom. The average molecular weight is 330 g/mol. The zero-order valence-electron chi connectivity index (χ0n) is 11.9. The molecule has 103 valence electrons. The molecule has 0 spiro atoms. The van der Waals surface area contributed by atoms with E-state index in [0.717, 1.165) is 19.3 Å². The van der Waals surface area contributed by atoms with E-state index in [2.05, 4.69) is 37.1 Å². The fourth-order valence-electron chi connectivity index (χ4n) is 1.49. The van der Waals surface area contributed by atoms with Gasteiger partial charge in [-0.15, -0.1) is 0 Å². The summed E-state index contributed by atoms with van der Waals surface area (Å²) in [6.45, 7) is 6.48. The zero-order chi connectivity index (χ0) is 13.5. The van der Waals surface area contributed by atoms with Crippen molar-refractivity contribution in [2.24, 2.45) is 5.90 Å². The molecule has 1 radical (unpaired) electrons. The fraction of sp³-hybridized carbons (Fsp3) is 0.571. The standard InChI is InChI=1S/C12H18O.C2H6.H3NO.Y/c1-11-7-4-5-9-12(11)8-3-2-6-10-13;2*1-2;/h4-5,7,9,13H,2-3,6,8,10H2,1H3;1-2H3;2H,1H2;. The van der Waals surface area contributed by atoms with Crippen LogP contribution >= 0.6 is 0 Å². The van der Waals surface area contributed by atoms with E-state index in [4.69, 9.17) is 10.3 Å². The van der Waals surface area contributed by atoms with Crippen LogP contribution in [-0.4, -0.2) is 16.9 Å². The van der Waals surface area contributed by atoms with Gasteiger partial charge in [-0.2, -0.15) is 0 Å². The summed E-state index contributed by atoms with van der Waals surface area (Å²) in [6, 6.07) is 8.51. The van der Waals surface area contributed by atoms with E-state index in [-0.39, 0.29) is 32.7 Å². The molecule has 4 N–H and O–H groups in total. The molecular formula is C14H27NO2Y. The van der Waals surface area contributed by atoms with E-state index in [9.17, 15) is 0 Å². The molecule has 0 unspecified atom stereocenters. The van der Waals surface area contributed by atoms with Gasteiger partial charge in [0.1, 0.15) is 0 Å². The third kappa shape index (κ3) is 12.7. The van der Waals surface area contributed by atoms with Crippen molar-refractivity contribution >= 4 is 0 Å². The second kappa shape index (κ2) is 19.5. The summed E-state index contributed by atoms with van der Waals surface area (Å²) >= 11 is 0. The first-order chi connectivity index (χ1) is 8.34. The van der Waals surface area contributed by atoms with Crippen LogP contribution in [0.1, 0.15) is 44.2 Å². The Morgan fingerprint density at radius 2 is 1.56 bits per heavy atom. The van der Waals surface area contributed by atoms with Crippen molar-refractivity contribution in [1.29, 1.82) is 0 Å². The molecule has 0 aliphatic rings. The van der Waals surface area contributed by atoms with Crippen LogP contribution < -0.4 is 5.90 Å². The number of hydrogen-bond acceptors (Lipinski definition) is 3. The smallest absolute Gasteiger partial charge is 0.0431 e. The minimum absolute atomic E-state index is 0. The van der Waals surface area contributed by atoms with Crippen molar-refractivity contribution < 1.29 is 43.0 Å². The molecule has 18 heavy (non-hydrogen) atoms. The molecule has 1 aromatic rings. The fourth-order valence-corrected chi connectivity index (χ4v) is 1.49. The van der Waals surface area contributed by atoms with Crippen molar-refractivity contribution in [2.75, 3.05) is 6.61 Å². The Labute approximate surface area is 137 Å². The third-order valence-corrected chi connectivity index (χ3v) is 2.37. The predicted molar refractivity (Wildman–Crippen MR) is 73.1 cm³/mol. The van der Waals surface area contributed by atoms with Gasteiger partial charge in [0.05, 0.1) is 0 Å². The monoisotopic (exact) mass is 330 g/mol. The molecule has 0 heterocycles. The summed E-state index contributed by atoms with van der Waals surface area (Å²) in [7, 11) is 0. The van der Waals surface area contributed by atoms with E-state index in [0.29, 0.717) is 6.61 Å².